The van der Waals surface area contributed by atoms with Crippen molar-refractivity contribution in [1.29, 1.82) is 0 Å². The molecule has 1 N–H and O–H groups in total. The number of halogens is 1. The molecular formula is C17H20FN3O. The summed E-state index contributed by atoms with van der Waals surface area (Å²) in [6.45, 7) is 5.33. The highest BCUT2D eigenvalue weighted by Gasteiger charge is 2.25. The van der Waals surface area contributed by atoms with Crippen LogP contribution in [-0.2, 0) is 4.79 Å². The molecule has 0 radical (unpaired) electrons. The number of hydrogen-bond donors (Lipinski definition) is 1. The number of carbonyl (C=O) groups is 1. The van der Waals surface area contributed by atoms with Crippen LogP contribution >= 0.6 is 0 Å². The fourth-order valence-electron chi connectivity index (χ4n) is 2.91. The minimum Gasteiger partial charge on any atom is -0.342 e. The van der Waals surface area contributed by atoms with Crippen LogP contribution in [0.2, 0.25) is 0 Å². The highest BCUT2D eigenvalue weighted by atomic mass is 19.1. The summed E-state index contributed by atoms with van der Waals surface area (Å²) in [6.07, 6.45) is 3.44. The number of allylic oxidation sites excluding steroid dienone is 1. The van der Waals surface area contributed by atoms with Crippen molar-refractivity contribution >= 4 is 16.9 Å². The van der Waals surface area contributed by atoms with Crippen LogP contribution in [0.15, 0.2) is 29.8 Å². The Morgan fingerprint density at radius 2 is 2.09 bits per heavy atom. The molecule has 3 rings (SSSR count). The van der Waals surface area contributed by atoms with Crippen LogP contribution in [0.3, 0.4) is 0 Å². The number of likely N-dealkylation sites (tertiary alicyclic amines) is 1. The Balaban J connectivity index is 1.70. The Bertz CT molecular complexity index is 723. The maximum atomic E-state index is 13.2. The second-order valence-corrected chi connectivity index (χ2v) is 6.10. The molecule has 5 heteroatoms. The van der Waals surface area contributed by atoms with E-state index in [4.69, 9.17) is 0 Å². The molecule has 1 aliphatic rings. The van der Waals surface area contributed by atoms with Crippen LogP contribution in [0.1, 0.15) is 38.4 Å². The molecule has 1 aliphatic heterocycles. The molecule has 1 fully saturated rings. The van der Waals surface area contributed by atoms with Crippen LogP contribution < -0.4 is 0 Å². The first-order chi connectivity index (χ1) is 10.5. The molecule has 4 nitrogen and oxygen atoms in total. The van der Waals surface area contributed by atoms with E-state index in [1.165, 1.54) is 12.1 Å². The Kier molecular flexibility index (Phi) is 3.96. The molecule has 1 aromatic heterocycles. The third-order valence-corrected chi connectivity index (χ3v) is 4.07. The van der Waals surface area contributed by atoms with Crippen molar-refractivity contribution in [2.75, 3.05) is 13.1 Å². The fourth-order valence-corrected chi connectivity index (χ4v) is 2.91. The van der Waals surface area contributed by atoms with Gasteiger partial charge in [-0.25, -0.2) is 9.37 Å². The van der Waals surface area contributed by atoms with Gasteiger partial charge in [-0.15, -0.1) is 0 Å². The minimum absolute atomic E-state index is 0.0881. The minimum atomic E-state index is -0.259. The molecule has 0 saturated carbocycles. The molecule has 1 amide bonds. The lowest BCUT2D eigenvalue weighted by Gasteiger charge is -2.30. The quantitative estimate of drug-likeness (QED) is 0.865. The number of imidazole rings is 1. The van der Waals surface area contributed by atoms with Crippen LogP contribution in [0.4, 0.5) is 4.39 Å². The number of nitrogens with zero attached hydrogens (tertiary/aromatic N) is 2. The van der Waals surface area contributed by atoms with E-state index in [-0.39, 0.29) is 11.7 Å². The van der Waals surface area contributed by atoms with Crippen molar-refractivity contribution in [1.82, 2.24) is 14.9 Å². The van der Waals surface area contributed by atoms with Gasteiger partial charge in [-0.1, -0.05) is 5.57 Å². The number of nitrogens with one attached hydrogen (secondary N) is 1. The second-order valence-electron chi connectivity index (χ2n) is 6.10. The maximum Gasteiger partial charge on any atom is 0.246 e. The summed E-state index contributed by atoms with van der Waals surface area (Å²) in [5, 5.41) is 0. The number of H-pyrrole nitrogens is 1. The smallest absolute Gasteiger partial charge is 0.246 e. The fraction of sp³-hybridized carbons (Fsp3) is 0.412. The molecule has 0 aliphatic carbocycles. The van der Waals surface area contributed by atoms with Gasteiger partial charge in [0.25, 0.3) is 0 Å². The molecule has 0 spiro atoms. The number of hydrogen-bond acceptors (Lipinski definition) is 2. The third kappa shape index (κ3) is 3.03. The zero-order valence-electron chi connectivity index (χ0n) is 12.9. The first-order valence-electron chi connectivity index (χ1n) is 7.62. The van der Waals surface area contributed by atoms with Gasteiger partial charge in [-0.05, 0) is 44.9 Å². The van der Waals surface area contributed by atoms with Crippen molar-refractivity contribution in [3.63, 3.8) is 0 Å². The average Bonchev–Trinajstić information content (AvgIpc) is 2.89. The molecule has 1 saturated heterocycles. The van der Waals surface area contributed by atoms with Gasteiger partial charge in [-0.3, -0.25) is 4.79 Å². The summed E-state index contributed by atoms with van der Waals surface area (Å²) in [5.74, 6) is 1.02. The summed E-state index contributed by atoms with van der Waals surface area (Å²) >= 11 is 0. The molecule has 2 heterocycles. The van der Waals surface area contributed by atoms with Crippen LogP contribution in [-0.4, -0.2) is 33.9 Å². The van der Waals surface area contributed by atoms with Crippen molar-refractivity contribution < 1.29 is 9.18 Å². The van der Waals surface area contributed by atoms with Crippen molar-refractivity contribution in [3.05, 3.63) is 41.5 Å². The highest BCUT2D eigenvalue weighted by Crippen LogP contribution is 2.28. The lowest BCUT2D eigenvalue weighted by atomic mass is 9.96. The summed E-state index contributed by atoms with van der Waals surface area (Å²) in [4.78, 5) is 21.7. The van der Waals surface area contributed by atoms with Gasteiger partial charge in [0.15, 0.2) is 0 Å². The van der Waals surface area contributed by atoms with E-state index in [9.17, 15) is 9.18 Å². The summed E-state index contributed by atoms with van der Waals surface area (Å²) < 4.78 is 13.2. The maximum absolute atomic E-state index is 13.2. The van der Waals surface area contributed by atoms with E-state index in [0.717, 1.165) is 48.4 Å². The van der Waals surface area contributed by atoms with Gasteiger partial charge in [0, 0.05) is 25.1 Å². The standard InChI is InChI=1S/C17H20FN3O/c1-11(2)9-16(22)21-7-5-12(6-8-21)17-19-14-4-3-13(18)10-15(14)20-17/h3-4,9-10,12H,5-8H2,1-2H3,(H,19,20). The monoisotopic (exact) mass is 301 g/mol. The normalized spacial score (nSPS) is 16.0. The number of rotatable bonds is 2. The van der Waals surface area contributed by atoms with Crippen molar-refractivity contribution in [3.8, 4) is 0 Å². The van der Waals surface area contributed by atoms with Gasteiger partial charge in [0.2, 0.25) is 5.91 Å². The molecule has 116 valence electrons. The summed E-state index contributed by atoms with van der Waals surface area (Å²) in [6, 6.07) is 4.59. The number of fused-ring (bicyclic) bond motifs is 1. The van der Waals surface area contributed by atoms with E-state index in [1.807, 2.05) is 18.7 Å². The lowest BCUT2D eigenvalue weighted by Crippen LogP contribution is -2.37. The van der Waals surface area contributed by atoms with E-state index in [2.05, 4.69) is 9.97 Å². The number of benzene rings is 1. The summed E-state index contributed by atoms with van der Waals surface area (Å²) in [7, 11) is 0. The lowest BCUT2D eigenvalue weighted by molar-refractivity contribution is -0.127. The zero-order chi connectivity index (χ0) is 15.7. The number of aromatic amines is 1. The molecule has 22 heavy (non-hydrogen) atoms. The molecule has 0 bridgehead atoms. The van der Waals surface area contributed by atoms with Gasteiger partial charge < -0.3 is 9.88 Å². The van der Waals surface area contributed by atoms with Gasteiger partial charge >= 0.3 is 0 Å². The first kappa shape index (κ1) is 14.8. The average molecular weight is 301 g/mol. The Hall–Kier alpha value is -2.17. The molecule has 0 atom stereocenters. The van der Waals surface area contributed by atoms with Crippen molar-refractivity contribution in [2.45, 2.75) is 32.6 Å². The van der Waals surface area contributed by atoms with E-state index < -0.39 is 0 Å². The Labute approximate surface area is 129 Å². The largest absolute Gasteiger partial charge is 0.342 e. The number of aromatic nitrogens is 2. The molecule has 1 aromatic carbocycles. The van der Waals surface area contributed by atoms with E-state index in [0.29, 0.717) is 5.92 Å². The third-order valence-electron chi connectivity index (χ3n) is 4.07. The van der Waals surface area contributed by atoms with Gasteiger partial charge in [0.05, 0.1) is 11.0 Å². The van der Waals surface area contributed by atoms with Crippen LogP contribution in [0.5, 0.6) is 0 Å². The zero-order valence-corrected chi connectivity index (χ0v) is 12.9. The number of amides is 1. The van der Waals surface area contributed by atoms with Gasteiger partial charge in [-0.2, -0.15) is 0 Å². The SMILES string of the molecule is CC(C)=CC(=O)N1CCC(c2nc3ccc(F)cc3[nH]2)CC1. The van der Waals surface area contributed by atoms with Crippen LogP contribution in [0, 0.1) is 5.82 Å². The first-order valence-corrected chi connectivity index (χ1v) is 7.62. The van der Waals surface area contributed by atoms with Gasteiger partial charge in [0.1, 0.15) is 11.6 Å². The Morgan fingerprint density at radius 3 is 2.77 bits per heavy atom. The number of carbonyl (C=O) groups excluding carboxylic acids is 1. The predicted molar refractivity (Wildman–Crippen MR) is 84.0 cm³/mol. The molecule has 0 unspecified atom stereocenters. The predicted octanol–water partition coefficient (Wildman–Crippen LogP) is 3.37. The van der Waals surface area contributed by atoms with Crippen molar-refractivity contribution in [2.24, 2.45) is 0 Å². The topological polar surface area (TPSA) is 49.0 Å². The highest BCUT2D eigenvalue weighted by molar-refractivity contribution is 5.88. The van der Waals surface area contributed by atoms with Crippen LogP contribution in [0.25, 0.3) is 11.0 Å². The molecule has 2 aromatic rings. The summed E-state index contributed by atoms with van der Waals surface area (Å²) in [5.41, 5.74) is 2.55. The van der Waals surface area contributed by atoms with E-state index in [1.54, 1.807) is 12.1 Å². The Morgan fingerprint density at radius 1 is 1.36 bits per heavy atom. The second kappa shape index (κ2) is 5.91. The van der Waals surface area contributed by atoms with E-state index >= 15 is 0 Å². The molecular weight excluding hydrogens is 281 g/mol. The number of piperidine rings is 1.